The molecule has 2 saturated carbocycles. The molecule has 34 heavy (non-hydrogen) atoms. The molecule has 0 bridgehead atoms. The molecule has 4 rings (SSSR count). The molecule has 1 N–H and O–H groups in total. The van der Waals surface area contributed by atoms with Gasteiger partial charge >= 0.3 is 12.1 Å². The van der Waals surface area contributed by atoms with Gasteiger partial charge in [0.2, 0.25) is 5.91 Å². The fraction of sp³-hybridized carbons (Fsp3) is 0.808. The maximum Gasteiger partial charge on any atom is 0.408 e. The summed E-state index contributed by atoms with van der Waals surface area (Å²) in [5.74, 6) is -0.229. The summed E-state index contributed by atoms with van der Waals surface area (Å²) in [4.78, 5) is 43.6. The lowest BCUT2D eigenvalue weighted by Gasteiger charge is -2.36. The Balaban J connectivity index is 1.56. The van der Waals surface area contributed by atoms with Crippen LogP contribution in [0.3, 0.4) is 0 Å². The monoisotopic (exact) mass is 475 g/mol. The van der Waals surface area contributed by atoms with Crippen molar-refractivity contribution in [1.82, 2.24) is 15.1 Å². The number of carbonyl (C=O) groups is 3. The highest BCUT2D eigenvalue weighted by Crippen LogP contribution is 2.45. The number of hydrogen-bond donors (Lipinski definition) is 1. The van der Waals surface area contributed by atoms with Crippen molar-refractivity contribution in [1.29, 1.82) is 0 Å². The van der Waals surface area contributed by atoms with Crippen LogP contribution in [0.5, 0.6) is 0 Å². The maximum atomic E-state index is 14.0. The molecule has 0 aromatic rings. The first-order chi connectivity index (χ1) is 16.1. The van der Waals surface area contributed by atoms with Crippen LogP contribution in [0.1, 0.15) is 72.1 Å². The van der Waals surface area contributed by atoms with Gasteiger partial charge in [-0.3, -0.25) is 9.59 Å². The second kappa shape index (κ2) is 9.78. The summed E-state index contributed by atoms with van der Waals surface area (Å²) in [6.45, 7) is 10.9. The third-order valence-corrected chi connectivity index (χ3v) is 7.89. The first-order valence-electron chi connectivity index (χ1n) is 12.9. The number of esters is 1. The Bertz CT molecular complexity index is 812. The number of carbonyl (C=O) groups excluding carboxylic acids is 3. The van der Waals surface area contributed by atoms with Crippen LogP contribution in [0.15, 0.2) is 12.3 Å². The summed E-state index contributed by atoms with van der Waals surface area (Å²) in [6, 6.07) is -0.843. The van der Waals surface area contributed by atoms with E-state index in [1.54, 1.807) is 0 Å². The molecule has 190 valence electrons. The smallest absolute Gasteiger partial charge is 0.408 e. The van der Waals surface area contributed by atoms with E-state index in [-0.39, 0.29) is 29.9 Å². The molecule has 2 saturated heterocycles. The van der Waals surface area contributed by atoms with Crippen LogP contribution < -0.4 is 5.32 Å². The van der Waals surface area contributed by atoms with E-state index >= 15 is 0 Å². The third-order valence-electron chi connectivity index (χ3n) is 7.89. The van der Waals surface area contributed by atoms with Gasteiger partial charge in [0.1, 0.15) is 11.6 Å². The zero-order valence-electron chi connectivity index (χ0n) is 21.2. The molecule has 0 aromatic carbocycles. The summed E-state index contributed by atoms with van der Waals surface area (Å²) in [7, 11) is 1.41. The number of allylic oxidation sites excluding steroid dienone is 1. The van der Waals surface area contributed by atoms with Gasteiger partial charge in [-0.25, -0.2) is 4.79 Å². The quantitative estimate of drug-likeness (QED) is 0.592. The van der Waals surface area contributed by atoms with E-state index in [0.717, 1.165) is 57.1 Å². The Hall–Kier alpha value is -2.25. The minimum absolute atomic E-state index is 0.0645. The normalized spacial score (nSPS) is 28.3. The average molecular weight is 476 g/mol. The average Bonchev–Trinajstić information content (AvgIpc) is 3.45. The molecular weight excluding hydrogens is 434 g/mol. The van der Waals surface area contributed by atoms with Crippen molar-refractivity contribution in [3.8, 4) is 0 Å². The fourth-order valence-electron chi connectivity index (χ4n) is 6.15. The molecule has 4 unspecified atom stereocenters. The van der Waals surface area contributed by atoms with Crippen molar-refractivity contribution in [2.75, 3.05) is 20.2 Å². The number of nitrogens with one attached hydrogen (secondary N) is 1. The Morgan fingerprint density at radius 3 is 2.26 bits per heavy atom. The van der Waals surface area contributed by atoms with Crippen LogP contribution in [0.25, 0.3) is 0 Å². The molecule has 8 nitrogen and oxygen atoms in total. The van der Waals surface area contributed by atoms with Gasteiger partial charge in [-0.05, 0) is 64.7 Å². The van der Waals surface area contributed by atoms with Gasteiger partial charge in [0, 0.05) is 18.8 Å². The van der Waals surface area contributed by atoms with Crippen molar-refractivity contribution < 1.29 is 23.9 Å². The topological polar surface area (TPSA) is 88.2 Å². The summed E-state index contributed by atoms with van der Waals surface area (Å²) >= 11 is 0. The minimum Gasteiger partial charge on any atom is -0.469 e. The number of ether oxygens (including phenoxy) is 2. The first kappa shape index (κ1) is 24.9. The highest BCUT2D eigenvalue weighted by Gasteiger charge is 2.55. The lowest BCUT2D eigenvalue weighted by Crippen LogP contribution is -2.56. The fourth-order valence-corrected chi connectivity index (χ4v) is 6.15. The second-order valence-corrected chi connectivity index (χ2v) is 11.4. The van der Waals surface area contributed by atoms with E-state index in [1.807, 2.05) is 25.7 Å². The molecule has 4 fully saturated rings. The number of rotatable bonds is 6. The van der Waals surface area contributed by atoms with Crippen LogP contribution >= 0.6 is 0 Å². The van der Waals surface area contributed by atoms with Crippen LogP contribution in [0, 0.1) is 17.8 Å². The maximum absolute atomic E-state index is 14.0. The Kier molecular flexibility index (Phi) is 7.15. The van der Waals surface area contributed by atoms with Crippen molar-refractivity contribution in [2.45, 2.75) is 95.9 Å². The Morgan fingerprint density at radius 2 is 1.68 bits per heavy atom. The number of methoxy groups -OCH3 is 1. The number of amides is 2. The van der Waals surface area contributed by atoms with E-state index in [1.165, 1.54) is 7.11 Å². The molecular formula is C26H41N3O5. The van der Waals surface area contributed by atoms with Crippen molar-refractivity contribution in [3.63, 3.8) is 0 Å². The van der Waals surface area contributed by atoms with E-state index < -0.39 is 23.7 Å². The lowest BCUT2D eigenvalue weighted by atomic mass is 9.83. The lowest BCUT2D eigenvalue weighted by molar-refractivity contribution is -0.148. The molecule has 0 aromatic heterocycles. The predicted molar refractivity (Wildman–Crippen MR) is 128 cm³/mol. The van der Waals surface area contributed by atoms with Crippen molar-refractivity contribution in [2.24, 2.45) is 17.8 Å². The SMILES string of the molecule is C=C(C1CC1)N1CC(C(=O)OC)C2C1CCN2C(=O)C(NC(=O)OC(C)(C)C)C1CCCCC1. The summed E-state index contributed by atoms with van der Waals surface area (Å²) in [6.07, 6.45) is 7.57. The second-order valence-electron chi connectivity index (χ2n) is 11.4. The summed E-state index contributed by atoms with van der Waals surface area (Å²) < 4.78 is 10.7. The molecule has 0 radical (unpaired) electrons. The van der Waals surface area contributed by atoms with E-state index in [2.05, 4.69) is 16.8 Å². The predicted octanol–water partition coefficient (Wildman–Crippen LogP) is 3.46. The van der Waals surface area contributed by atoms with Gasteiger partial charge in [0.25, 0.3) is 0 Å². The number of fused-ring (bicyclic) bond motifs is 1. The molecule has 8 heteroatoms. The molecule has 4 atom stereocenters. The first-order valence-corrected chi connectivity index (χ1v) is 12.9. The standard InChI is InChI=1S/C26H41N3O5/c1-16(17-11-12-17)29-15-19(24(31)33-5)22-20(29)13-14-28(22)23(30)21(18-9-7-6-8-10-18)27-25(32)34-26(2,3)4/h17-22H,1,6-15H2,2-5H3,(H,27,32). The van der Waals surface area contributed by atoms with Gasteiger partial charge in [-0.15, -0.1) is 0 Å². The molecule has 2 amide bonds. The van der Waals surface area contributed by atoms with Crippen LogP contribution in [0.4, 0.5) is 4.79 Å². The van der Waals surface area contributed by atoms with E-state index in [0.29, 0.717) is 19.0 Å². The number of likely N-dealkylation sites (tertiary alicyclic amines) is 2. The van der Waals surface area contributed by atoms with Crippen LogP contribution in [0.2, 0.25) is 0 Å². The van der Waals surface area contributed by atoms with Gasteiger partial charge < -0.3 is 24.6 Å². The Labute approximate surface area is 203 Å². The highest BCUT2D eigenvalue weighted by molar-refractivity contribution is 5.87. The molecule has 2 heterocycles. The molecule has 0 spiro atoms. The van der Waals surface area contributed by atoms with E-state index in [4.69, 9.17) is 9.47 Å². The highest BCUT2D eigenvalue weighted by atomic mass is 16.6. The van der Waals surface area contributed by atoms with Gasteiger partial charge in [0.15, 0.2) is 0 Å². The van der Waals surface area contributed by atoms with E-state index in [9.17, 15) is 14.4 Å². The number of hydrogen-bond acceptors (Lipinski definition) is 6. The van der Waals surface area contributed by atoms with Gasteiger partial charge in [0.05, 0.1) is 25.1 Å². The van der Waals surface area contributed by atoms with Crippen LogP contribution in [-0.2, 0) is 19.1 Å². The molecule has 4 aliphatic rings. The van der Waals surface area contributed by atoms with Gasteiger partial charge in [-0.2, -0.15) is 0 Å². The Morgan fingerprint density at radius 1 is 1.00 bits per heavy atom. The minimum atomic E-state index is -0.645. The van der Waals surface area contributed by atoms with Crippen molar-refractivity contribution >= 4 is 18.0 Å². The zero-order chi connectivity index (χ0) is 24.6. The summed E-state index contributed by atoms with van der Waals surface area (Å²) in [5, 5.41) is 2.92. The van der Waals surface area contributed by atoms with Crippen LogP contribution in [-0.4, -0.2) is 71.7 Å². The molecule has 2 aliphatic heterocycles. The number of alkyl carbamates (subject to hydrolysis) is 1. The largest absolute Gasteiger partial charge is 0.469 e. The summed E-state index contributed by atoms with van der Waals surface area (Å²) in [5.41, 5.74) is 0.445. The van der Waals surface area contributed by atoms with Gasteiger partial charge in [-0.1, -0.05) is 25.8 Å². The third kappa shape index (κ3) is 5.20. The van der Waals surface area contributed by atoms with Crippen molar-refractivity contribution in [3.05, 3.63) is 12.3 Å². The molecule has 2 aliphatic carbocycles. The zero-order valence-corrected chi connectivity index (χ0v) is 21.2. The number of nitrogens with zero attached hydrogens (tertiary/aromatic N) is 2.